The minimum Gasteiger partial charge on any atom is -0.493 e. The lowest BCUT2D eigenvalue weighted by atomic mass is 10.3. The summed E-state index contributed by atoms with van der Waals surface area (Å²) in [5.41, 5.74) is 0.718. The molecule has 23 heavy (non-hydrogen) atoms. The van der Waals surface area contributed by atoms with Crippen LogP contribution in [0.5, 0.6) is 11.5 Å². The van der Waals surface area contributed by atoms with Crippen LogP contribution in [-0.4, -0.2) is 54.1 Å². The molecule has 122 valence electrons. The topological polar surface area (TPSA) is 80.8 Å². The molecule has 3 rings (SSSR count). The van der Waals surface area contributed by atoms with E-state index < -0.39 is 0 Å². The molecule has 0 aliphatic carbocycles. The van der Waals surface area contributed by atoms with E-state index >= 15 is 0 Å². The molecule has 2 aromatic rings. The van der Waals surface area contributed by atoms with Crippen LogP contribution in [0.4, 0.5) is 5.13 Å². The number of methoxy groups -OCH3 is 2. The Hall–Kier alpha value is -2.00. The van der Waals surface area contributed by atoms with E-state index in [4.69, 9.17) is 9.47 Å². The molecule has 1 N–H and O–H groups in total. The largest absolute Gasteiger partial charge is 0.493 e. The first-order chi connectivity index (χ1) is 11.1. The maximum atomic E-state index is 12.0. The minimum atomic E-state index is -0.251. The van der Waals surface area contributed by atoms with E-state index in [1.54, 1.807) is 20.3 Å². The van der Waals surface area contributed by atoms with Crippen molar-refractivity contribution in [1.29, 1.82) is 0 Å². The Morgan fingerprint density at radius 3 is 2.74 bits per heavy atom. The van der Waals surface area contributed by atoms with Crippen LogP contribution in [0, 0.1) is 0 Å². The summed E-state index contributed by atoms with van der Waals surface area (Å²) in [5.74, 6) is 1.93. The fourth-order valence-corrected chi connectivity index (χ4v) is 3.98. The summed E-state index contributed by atoms with van der Waals surface area (Å²) >= 11 is 2.85. The van der Waals surface area contributed by atoms with Crippen molar-refractivity contribution in [2.45, 2.75) is 0 Å². The Kier molecular flexibility index (Phi) is 4.58. The summed E-state index contributed by atoms with van der Waals surface area (Å²) in [5, 5.41) is 3.22. The molecule has 1 aliphatic heterocycles. The van der Waals surface area contributed by atoms with Crippen molar-refractivity contribution in [2.24, 2.45) is 0 Å². The minimum absolute atomic E-state index is 0.0103. The van der Waals surface area contributed by atoms with E-state index in [0.717, 1.165) is 10.2 Å². The van der Waals surface area contributed by atoms with Crippen LogP contribution in [-0.2, 0) is 9.59 Å². The lowest BCUT2D eigenvalue weighted by Crippen LogP contribution is -2.34. The molecule has 0 spiro atoms. The van der Waals surface area contributed by atoms with E-state index in [9.17, 15) is 9.59 Å². The highest BCUT2D eigenvalue weighted by Gasteiger charge is 2.23. The molecule has 2 heterocycles. The van der Waals surface area contributed by atoms with Crippen LogP contribution in [0.2, 0.25) is 0 Å². The van der Waals surface area contributed by atoms with Crippen molar-refractivity contribution in [1.82, 2.24) is 9.88 Å². The summed E-state index contributed by atoms with van der Waals surface area (Å²) in [6, 6.07) is 3.59. The molecular formula is C14H15N3O4S2. The van der Waals surface area contributed by atoms with Crippen LogP contribution in [0.15, 0.2) is 12.1 Å². The van der Waals surface area contributed by atoms with Gasteiger partial charge in [-0.25, -0.2) is 4.98 Å². The summed E-state index contributed by atoms with van der Waals surface area (Å²) in [4.78, 5) is 29.5. The standard InChI is InChI=1S/C14H15N3O4S2/c1-20-9-3-8-11(4-10(9)21-2)23-14(15-8)16-12(18)5-17-7-22-6-13(17)19/h3-4H,5-7H2,1-2H3,(H,15,16,18). The molecule has 9 heteroatoms. The lowest BCUT2D eigenvalue weighted by molar-refractivity contribution is -0.130. The van der Waals surface area contributed by atoms with Gasteiger partial charge in [0.15, 0.2) is 16.6 Å². The highest BCUT2D eigenvalue weighted by Crippen LogP contribution is 2.36. The average Bonchev–Trinajstić information content (AvgIpc) is 3.11. The zero-order valence-electron chi connectivity index (χ0n) is 12.6. The number of carbonyl (C=O) groups is 2. The molecule has 7 nitrogen and oxygen atoms in total. The Bertz CT molecular complexity index is 721. The number of hydrogen-bond acceptors (Lipinski definition) is 7. The van der Waals surface area contributed by atoms with Gasteiger partial charge in [-0.15, -0.1) is 11.8 Å². The monoisotopic (exact) mass is 353 g/mol. The van der Waals surface area contributed by atoms with Crippen molar-refractivity contribution in [3.8, 4) is 11.5 Å². The van der Waals surface area contributed by atoms with Crippen molar-refractivity contribution in [3.05, 3.63) is 12.1 Å². The first kappa shape index (κ1) is 15.9. The number of anilines is 1. The van der Waals surface area contributed by atoms with E-state index in [0.29, 0.717) is 28.3 Å². The van der Waals surface area contributed by atoms with Gasteiger partial charge in [0.1, 0.15) is 6.54 Å². The van der Waals surface area contributed by atoms with Gasteiger partial charge in [0.2, 0.25) is 11.8 Å². The number of amides is 2. The predicted octanol–water partition coefficient (Wildman–Crippen LogP) is 1.78. The Morgan fingerprint density at radius 2 is 2.09 bits per heavy atom. The molecule has 1 fully saturated rings. The average molecular weight is 353 g/mol. The number of nitrogens with one attached hydrogen (secondary N) is 1. The zero-order valence-corrected chi connectivity index (χ0v) is 14.3. The van der Waals surface area contributed by atoms with Gasteiger partial charge in [-0.3, -0.25) is 9.59 Å². The molecular weight excluding hydrogens is 338 g/mol. The van der Waals surface area contributed by atoms with Crippen molar-refractivity contribution < 1.29 is 19.1 Å². The molecule has 1 aliphatic rings. The van der Waals surface area contributed by atoms with Gasteiger partial charge >= 0.3 is 0 Å². The van der Waals surface area contributed by atoms with Gasteiger partial charge in [-0.05, 0) is 0 Å². The quantitative estimate of drug-likeness (QED) is 0.883. The molecule has 1 aromatic heterocycles. The molecule has 0 atom stereocenters. The van der Waals surface area contributed by atoms with Gasteiger partial charge in [0, 0.05) is 12.1 Å². The number of aromatic nitrogens is 1. The van der Waals surface area contributed by atoms with Gasteiger partial charge < -0.3 is 19.7 Å². The summed E-state index contributed by atoms with van der Waals surface area (Å²) in [6.45, 7) is 0.0500. The van der Waals surface area contributed by atoms with E-state index in [2.05, 4.69) is 10.3 Å². The van der Waals surface area contributed by atoms with Crippen LogP contribution < -0.4 is 14.8 Å². The van der Waals surface area contributed by atoms with Gasteiger partial charge in [0.05, 0.1) is 36.1 Å². The molecule has 2 amide bonds. The fourth-order valence-electron chi connectivity index (χ4n) is 2.18. The van der Waals surface area contributed by atoms with E-state index in [1.165, 1.54) is 28.0 Å². The maximum absolute atomic E-state index is 12.0. The number of benzene rings is 1. The van der Waals surface area contributed by atoms with Gasteiger partial charge in [0.25, 0.3) is 0 Å². The smallest absolute Gasteiger partial charge is 0.245 e. The third kappa shape index (κ3) is 3.35. The Labute approximate surface area is 141 Å². The second-order valence-electron chi connectivity index (χ2n) is 4.81. The predicted molar refractivity (Wildman–Crippen MR) is 90.4 cm³/mol. The maximum Gasteiger partial charge on any atom is 0.245 e. The number of fused-ring (bicyclic) bond motifs is 1. The summed E-state index contributed by atoms with van der Waals surface area (Å²) in [7, 11) is 3.13. The van der Waals surface area contributed by atoms with E-state index in [-0.39, 0.29) is 18.4 Å². The number of rotatable bonds is 5. The van der Waals surface area contributed by atoms with Crippen LogP contribution in [0.25, 0.3) is 10.2 Å². The number of carbonyl (C=O) groups excluding carboxylic acids is 2. The molecule has 0 saturated carbocycles. The highest BCUT2D eigenvalue weighted by molar-refractivity contribution is 8.00. The van der Waals surface area contributed by atoms with Crippen LogP contribution in [0.1, 0.15) is 0 Å². The molecule has 1 saturated heterocycles. The van der Waals surface area contributed by atoms with Crippen molar-refractivity contribution in [3.63, 3.8) is 0 Å². The normalized spacial score (nSPS) is 14.3. The second kappa shape index (κ2) is 6.63. The van der Waals surface area contributed by atoms with Gasteiger partial charge in [-0.1, -0.05) is 11.3 Å². The zero-order chi connectivity index (χ0) is 16.4. The highest BCUT2D eigenvalue weighted by atomic mass is 32.2. The summed E-state index contributed by atoms with van der Waals surface area (Å²) < 4.78 is 11.4. The van der Waals surface area contributed by atoms with Crippen LogP contribution >= 0.6 is 23.1 Å². The van der Waals surface area contributed by atoms with Crippen LogP contribution in [0.3, 0.4) is 0 Å². The SMILES string of the molecule is COc1cc2nc(NC(=O)CN3CSCC3=O)sc2cc1OC. The third-order valence-corrected chi connectivity index (χ3v) is 5.18. The molecule has 1 aromatic carbocycles. The molecule has 0 bridgehead atoms. The van der Waals surface area contributed by atoms with E-state index in [1.807, 2.05) is 6.07 Å². The van der Waals surface area contributed by atoms with Crippen molar-refractivity contribution in [2.75, 3.05) is 37.7 Å². The number of thiazole rings is 1. The Balaban J connectivity index is 1.75. The summed E-state index contributed by atoms with van der Waals surface area (Å²) in [6.07, 6.45) is 0. The first-order valence-electron chi connectivity index (χ1n) is 6.78. The number of hydrogen-bond donors (Lipinski definition) is 1. The third-order valence-electron chi connectivity index (χ3n) is 3.30. The molecule has 0 radical (unpaired) electrons. The number of thioether (sulfide) groups is 1. The number of ether oxygens (including phenoxy) is 2. The second-order valence-corrected chi connectivity index (χ2v) is 6.80. The Morgan fingerprint density at radius 1 is 1.35 bits per heavy atom. The first-order valence-corrected chi connectivity index (χ1v) is 8.75. The van der Waals surface area contributed by atoms with Crippen molar-refractivity contribution >= 4 is 50.3 Å². The number of nitrogens with zero attached hydrogens (tertiary/aromatic N) is 2. The lowest BCUT2D eigenvalue weighted by Gasteiger charge is -2.12. The molecule has 0 unspecified atom stereocenters. The van der Waals surface area contributed by atoms with Gasteiger partial charge in [-0.2, -0.15) is 0 Å². The fraction of sp³-hybridized carbons (Fsp3) is 0.357.